The van der Waals surface area contributed by atoms with Crippen LogP contribution in [0.25, 0.3) is 0 Å². The van der Waals surface area contributed by atoms with E-state index >= 15 is 0 Å². The van der Waals surface area contributed by atoms with Crippen molar-refractivity contribution in [2.75, 3.05) is 6.54 Å². The molecule has 0 aliphatic heterocycles. The Labute approximate surface area is 72.2 Å². The normalized spacial score (nSPS) is 15.9. The number of rotatable bonds is 2. The van der Waals surface area contributed by atoms with Crippen LogP contribution in [0.3, 0.4) is 0 Å². The molecule has 11 heavy (non-hydrogen) atoms. The van der Waals surface area contributed by atoms with Crippen LogP contribution >= 0.6 is 11.6 Å². The molecular weight excluding hydrogens is 158 g/mol. The molecule has 1 unspecified atom stereocenters. The lowest BCUT2D eigenvalue weighted by molar-refractivity contribution is 0.761. The molecule has 0 aliphatic rings. The van der Waals surface area contributed by atoms with Gasteiger partial charge >= 0.3 is 0 Å². The number of nitrogens with two attached hydrogens (primary N) is 1. The maximum absolute atomic E-state index is 6.01. The Bertz CT molecular complexity index is 218. The first kappa shape index (κ1) is 8.57. The van der Waals surface area contributed by atoms with Crippen molar-refractivity contribution in [1.29, 1.82) is 0 Å². The van der Waals surface area contributed by atoms with E-state index in [0.717, 1.165) is 5.56 Å². The van der Waals surface area contributed by atoms with Gasteiger partial charge in [-0.3, -0.25) is 0 Å². The number of halogens is 1. The lowest BCUT2D eigenvalue weighted by Crippen LogP contribution is -2.25. The number of hydrogen-bond donors (Lipinski definition) is 1. The minimum absolute atomic E-state index is 0.346. The number of hydrogen-bond acceptors (Lipinski definition) is 1. The van der Waals surface area contributed by atoms with Gasteiger partial charge in [-0.05, 0) is 12.5 Å². The summed E-state index contributed by atoms with van der Waals surface area (Å²) in [5, 5.41) is 0. The highest BCUT2D eigenvalue weighted by molar-refractivity contribution is 6.24. The molecule has 0 saturated carbocycles. The van der Waals surface area contributed by atoms with Gasteiger partial charge in [0.15, 0.2) is 0 Å². The fourth-order valence-electron chi connectivity index (χ4n) is 0.855. The first-order chi connectivity index (χ1) is 5.17. The summed E-state index contributed by atoms with van der Waals surface area (Å²) < 4.78 is 0. The van der Waals surface area contributed by atoms with E-state index in [0.29, 0.717) is 6.54 Å². The van der Waals surface area contributed by atoms with E-state index in [-0.39, 0.29) is 0 Å². The zero-order valence-corrected chi connectivity index (χ0v) is 7.01. The maximum atomic E-state index is 6.01. The highest BCUT2D eigenvalue weighted by Crippen LogP contribution is 2.25. The monoisotopic (exact) mass is 168 g/mol. The molecule has 59 valence electrons. The summed E-state index contributed by atoms with van der Waals surface area (Å²) in [6.07, 6.45) is 0. The lowest BCUT2D eigenvalue weighted by Gasteiger charge is -2.19. The van der Waals surface area contributed by atoms with Gasteiger partial charge in [0, 0.05) is 6.54 Å². The Hall–Kier alpha value is -0.530. The smallest absolute Gasteiger partial charge is 0.0817 e. The van der Waals surface area contributed by atoms with Crippen LogP contribution in [0, 0.1) is 6.92 Å². The molecule has 0 aliphatic carbocycles. The predicted molar refractivity (Wildman–Crippen MR) is 48.4 cm³/mol. The molecule has 1 aromatic rings. The van der Waals surface area contributed by atoms with Crippen molar-refractivity contribution < 1.29 is 0 Å². The Morgan fingerprint density at radius 1 is 1.36 bits per heavy atom. The maximum Gasteiger partial charge on any atom is 0.0817 e. The summed E-state index contributed by atoms with van der Waals surface area (Å²) in [6, 6.07) is 9.63. The Balaban J connectivity index is 2.93. The van der Waals surface area contributed by atoms with E-state index in [1.54, 1.807) is 0 Å². The zero-order chi connectivity index (χ0) is 8.32. The molecule has 2 N–H and O–H groups in total. The molecule has 0 aromatic heterocycles. The van der Waals surface area contributed by atoms with Gasteiger partial charge in [-0.2, -0.15) is 0 Å². The molecule has 0 saturated heterocycles. The van der Waals surface area contributed by atoms with E-state index in [1.807, 2.05) is 30.3 Å². The van der Waals surface area contributed by atoms with Gasteiger partial charge in [0.05, 0.1) is 4.87 Å². The van der Waals surface area contributed by atoms with Gasteiger partial charge < -0.3 is 5.73 Å². The van der Waals surface area contributed by atoms with Crippen LogP contribution in [0.5, 0.6) is 0 Å². The van der Waals surface area contributed by atoms with Crippen LogP contribution in [0.1, 0.15) is 5.56 Å². The quantitative estimate of drug-likeness (QED) is 0.671. The molecule has 0 fully saturated rings. The molecule has 0 heterocycles. The van der Waals surface area contributed by atoms with Crippen LogP contribution in [-0.2, 0) is 4.87 Å². The minimum atomic E-state index is -0.665. The Morgan fingerprint density at radius 3 is 2.36 bits per heavy atom. The molecule has 1 atom stereocenters. The molecule has 2 heteroatoms. The third kappa shape index (κ3) is 1.95. The zero-order valence-electron chi connectivity index (χ0n) is 6.26. The molecule has 1 nitrogen and oxygen atoms in total. The topological polar surface area (TPSA) is 26.0 Å². The number of alkyl halides is 1. The fraction of sp³-hybridized carbons (Fsp3) is 0.222. The minimum Gasteiger partial charge on any atom is -0.328 e. The van der Waals surface area contributed by atoms with E-state index in [4.69, 9.17) is 17.3 Å². The second-order valence-electron chi connectivity index (χ2n) is 2.54. The van der Waals surface area contributed by atoms with E-state index < -0.39 is 4.87 Å². The van der Waals surface area contributed by atoms with Crippen molar-refractivity contribution in [1.82, 2.24) is 0 Å². The average molecular weight is 169 g/mol. The predicted octanol–water partition coefficient (Wildman–Crippen LogP) is 1.91. The summed E-state index contributed by atoms with van der Waals surface area (Å²) >= 11 is 6.01. The van der Waals surface area contributed by atoms with Crippen LogP contribution < -0.4 is 5.73 Å². The summed E-state index contributed by atoms with van der Waals surface area (Å²) in [5.74, 6) is 0. The average Bonchev–Trinajstić information content (AvgIpc) is 2.06. The second kappa shape index (κ2) is 3.24. The SMILES string of the molecule is [CH2]C(Cl)(CN)c1ccccc1. The van der Waals surface area contributed by atoms with Crippen LogP contribution in [-0.4, -0.2) is 6.54 Å². The van der Waals surface area contributed by atoms with Gasteiger partial charge in [0.2, 0.25) is 0 Å². The van der Waals surface area contributed by atoms with Crippen molar-refractivity contribution in [2.24, 2.45) is 5.73 Å². The van der Waals surface area contributed by atoms with Crippen molar-refractivity contribution >= 4 is 11.6 Å². The fourth-order valence-corrected chi connectivity index (χ4v) is 0.981. The molecule has 1 aromatic carbocycles. The van der Waals surface area contributed by atoms with E-state index in [2.05, 4.69) is 6.92 Å². The van der Waals surface area contributed by atoms with Gasteiger partial charge in [-0.25, -0.2) is 0 Å². The highest BCUT2D eigenvalue weighted by atomic mass is 35.5. The van der Waals surface area contributed by atoms with E-state index in [1.165, 1.54) is 0 Å². The van der Waals surface area contributed by atoms with Crippen molar-refractivity contribution in [2.45, 2.75) is 4.87 Å². The molecule has 0 bridgehead atoms. The van der Waals surface area contributed by atoms with Gasteiger partial charge in [-0.1, -0.05) is 30.3 Å². The lowest BCUT2D eigenvalue weighted by atomic mass is 10.0. The Morgan fingerprint density at radius 2 is 1.91 bits per heavy atom. The van der Waals surface area contributed by atoms with Gasteiger partial charge in [-0.15, -0.1) is 11.6 Å². The van der Waals surface area contributed by atoms with E-state index in [9.17, 15) is 0 Å². The Kier molecular flexibility index (Phi) is 2.53. The molecular formula is C9H11ClN. The highest BCUT2D eigenvalue weighted by Gasteiger charge is 2.20. The molecule has 0 amide bonds. The largest absolute Gasteiger partial charge is 0.328 e. The van der Waals surface area contributed by atoms with Gasteiger partial charge in [0.1, 0.15) is 0 Å². The first-order valence-corrected chi connectivity index (χ1v) is 3.84. The van der Waals surface area contributed by atoms with Crippen LogP contribution in [0.15, 0.2) is 30.3 Å². The van der Waals surface area contributed by atoms with Gasteiger partial charge in [0.25, 0.3) is 0 Å². The van der Waals surface area contributed by atoms with Crippen LogP contribution in [0.2, 0.25) is 0 Å². The van der Waals surface area contributed by atoms with Crippen molar-refractivity contribution in [3.63, 3.8) is 0 Å². The standard InChI is InChI=1S/C9H11ClN/c1-9(10,7-11)8-5-3-2-4-6-8/h2-6H,1,7,11H2. The van der Waals surface area contributed by atoms with Crippen LogP contribution in [0.4, 0.5) is 0 Å². The van der Waals surface area contributed by atoms with Crippen molar-refractivity contribution in [3.05, 3.63) is 42.8 Å². The summed E-state index contributed by atoms with van der Waals surface area (Å²) in [5.41, 5.74) is 6.41. The third-order valence-corrected chi connectivity index (χ3v) is 1.99. The van der Waals surface area contributed by atoms with Crippen molar-refractivity contribution in [3.8, 4) is 0 Å². The number of benzene rings is 1. The second-order valence-corrected chi connectivity index (χ2v) is 3.26. The molecule has 0 spiro atoms. The summed E-state index contributed by atoms with van der Waals surface area (Å²) in [4.78, 5) is -0.665. The third-order valence-electron chi connectivity index (χ3n) is 1.61. The summed E-state index contributed by atoms with van der Waals surface area (Å²) in [6.45, 7) is 4.14. The molecule has 1 rings (SSSR count). The summed E-state index contributed by atoms with van der Waals surface area (Å²) in [7, 11) is 0. The molecule has 1 radical (unpaired) electrons. The first-order valence-electron chi connectivity index (χ1n) is 3.47.